The zero-order chi connectivity index (χ0) is 17.9. The number of aromatic nitrogens is 2. The van der Waals surface area contributed by atoms with Gasteiger partial charge < -0.3 is 17.0 Å². The van der Waals surface area contributed by atoms with Crippen LogP contribution in [0.4, 0.5) is 4.39 Å². The van der Waals surface area contributed by atoms with Crippen LogP contribution in [0.3, 0.4) is 0 Å². The van der Waals surface area contributed by atoms with E-state index in [1.807, 2.05) is 42.5 Å². The van der Waals surface area contributed by atoms with Crippen LogP contribution in [0.2, 0.25) is 0 Å². The maximum absolute atomic E-state index is 13.9. The molecule has 4 aromatic rings. The van der Waals surface area contributed by atoms with E-state index in [-0.39, 0.29) is 35.1 Å². The number of ketones is 1. The van der Waals surface area contributed by atoms with E-state index in [2.05, 4.69) is 4.98 Å². The smallest absolute Gasteiger partial charge is 0.287 e. The molecule has 3 nitrogen and oxygen atoms in total. The van der Waals surface area contributed by atoms with Gasteiger partial charge in [0.25, 0.3) is 6.33 Å². The van der Waals surface area contributed by atoms with E-state index in [1.165, 1.54) is 6.07 Å². The van der Waals surface area contributed by atoms with Crippen LogP contribution >= 0.6 is 0 Å². The average molecular weight is 423 g/mol. The summed E-state index contributed by atoms with van der Waals surface area (Å²) < 4.78 is 15.6. The van der Waals surface area contributed by atoms with Crippen LogP contribution in [0.25, 0.3) is 22.0 Å². The molecule has 0 aliphatic carbocycles. The Bertz CT molecular complexity index is 1090. The lowest BCUT2D eigenvalue weighted by Gasteiger charge is -2.05. The molecule has 0 fully saturated rings. The molecule has 27 heavy (non-hydrogen) atoms. The fraction of sp³-hybridized carbons (Fsp3) is 0.0455. The normalized spacial score (nSPS) is 10.4. The summed E-state index contributed by atoms with van der Waals surface area (Å²) >= 11 is 0. The van der Waals surface area contributed by atoms with Crippen LogP contribution in [-0.2, 0) is 6.54 Å². The lowest BCUT2D eigenvalue weighted by atomic mass is 10.0. The van der Waals surface area contributed by atoms with Crippen LogP contribution in [0.1, 0.15) is 10.4 Å². The fourth-order valence-corrected chi connectivity index (χ4v) is 3.03. The Hall–Kier alpha value is -2.92. The highest BCUT2D eigenvalue weighted by molar-refractivity contribution is 6.07. The number of hydrogen-bond donors (Lipinski definition) is 0. The van der Waals surface area contributed by atoms with Crippen molar-refractivity contribution in [3.63, 3.8) is 0 Å². The first-order valence-corrected chi connectivity index (χ1v) is 8.33. The largest absolute Gasteiger partial charge is 1.00 e. The highest BCUT2D eigenvalue weighted by atomic mass is 79.9. The van der Waals surface area contributed by atoms with Crippen molar-refractivity contribution in [2.75, 3.05) is 0 Å². The van der Waals surface area contributed by atoms with Crippen LogP contribution < -0.4 is 21.5 Å². The number of halogens is 2. The van der Waals surface area contributed by atoms with E-state index in [9.17, 15) is 9.18 Å². The summed E-state index contributed by atoms with van der Waals surface area (Å²) in [5.74, 6) is -0.308. The third kappa shape index (κ3) is 3.93. The van der Waals surface area contributed by atoms with Crippen LogP contribution in [-0.4, -0.2) is 10.8 Å². The Kier molecular flexibility index (Phi) is 5.72. The molecule has 1 aromatic heterocycles. The predicted molar refractivity (Wildman–Crippen MR) is 98.1 cm³/mol. The molecular formula is C22H16BrFN2O. The second kappa shape index (κ2) is 8.18. The molecule has 0 unspecified atom stereocenters. The van der Waals surface area contributed by atoms with E-state index in [1.54, 1.807) is 41.4 Å². The minimum absolute atomic E-state index is 0. The summed E-state index contributed by atoms with van der Waals surface area (Å²) in [7, 11) is 0. The summed E-state index contributed by atoms with van der Waals surface area (Å²) in [5, 5.41) is 1.98. The second-order valence-corrected chi connectivity index (χ2v) is 6.05. The third-order valence-electron chi connectivity index (χ3n) is 4.34. The number of hydrogen-bond acceptors (Lipinski definition) is 2. The maximum atomic E-state index is 13.9. The first-order chi connectivity index (χ1) is 12.7. The number of carbonyl (C=O) groups is 1. The van der Waals surface area contributed by atoms with Gasteiger partial charge >= 0.3 is 0 Å². The number of carbonyl (C=O) groups excluding carboxylic acids is 1. The summed E-state index contributed by atoms with van der Waals surface area (Å²) in [4.78, 5) is 17.0. The van der Waals surface area contributed by atoms with Crippen molar-refractivity contribution in [1.29, 1.82) is 0 Å². The van der Waals surface area contributed by atoms with Crippen molar-refractivity contribution < 1.29 is 30.7 Å². The SMILES string of the molecule is O=C(C[n+]1ccc(-c2ccccc2F)nc1)c1cccc2ccccc12.[Br-]. The number of fused-ring (bicyclic) bond motifs is 1. The predicted octanol–water partition coefficient (Wildman–Crippen LogP) is 1.22. The summed E-state index contributed by atoms with van der Waals surface area (Å²) in [6, 6.07) is 21.8. The van der Waals surface area contributed by atoms with Crippen molar-refractivity contribution >= 4 is 16.6 Å². The topological polar surface area (TPSA) is 33.8 Å². The molecular weight excluding hydrogens is 407 g/mol. The number of benzene rings is 3. The maximum Gasteiger partial charge on any atom is 0.287 e. The van der Waals surface area contributed by atoms with E-state index in [0.717, 1.165) is 10.8 Å². The minimum Gasteiger partial charge on any atom is -1.00 e. The van der Waals surface area contributed by atoms with E-state index in [0.29, 0.717) is 16.8 Å². The molecule has 3 aromatic carbocycles. The molecule has 134 valence electrons. The van der Waals surface area contributed by atoms with Gasteiger partial charge in [-0.05, 0) is 27.9 Å². The van der Waals surface area contributed by atoms with Gasteiger partial charge in [0.1, 0.15) is 5.82 Å². The minimum atomic E-state index is -0.315. The van der Waals surface area contributed by atoms with Gasteiger partial charge in [0.05, 0.1) is 11.8 Å². The van der Waals surface area contributed by atoms with Gasteiger partial charge in [-0.15, -0.1) is 0 Å². The van der Waals surface area contributed by atoms with E-state index >= 15 is 0 Å². The van der Waals surface area contributed by atoms with Crippen molar-refractivity contribution in [2.24, 2.45) is 0 Å². The van der Waals surface area contributed by atoms with E-state index < -0.39 is 0 Å². The summed E-state index contributed by atoms with van der Waals surface area (Å²) in [5.41, 5.74) is 1.67. The Morgan fingerprint density at radius 3 is 2.44 bits per heavy atom. The van der Waals surface area contributed by atoms with Crippen LogP contribution in [0.15, 0.2) is 85.3 Å². The Morgan fingerprint density at radius 2 is 1.67 bits per heavy atom. The lowest BCUT2D eigenvalue weighted by molar-refractivity contribution is -0.686. The number of rotatable bonds is 4. The zero-order valence-electron chi connectivity index (χ0n) is 14.3. The monoisotopic (exact) mass is 422 g/mol. The van der Waals surface area contributed by atoms with Crippen molar-refractivity contribution in [3.05, 3.63) is 96.7 Å². The number of Topliss-reactive ketones (excluding diaryl/α,β-unsaturated/α-hetero) is 1. The molecule has 0 spiro atoms. The van der Waals surface area contributed by atoms with Gasteiger partial charge in [0.2, 0.25) is 5.78 Å². The first-order valence-electron chi connectivity index (χ1n) is 8.33. The van der Waals surface area contributed by atoms with Gasteiger partial charge in [0.15, 0.2) is 12.2 Å². The molecule has 0 N–H and O–H groups in total. The quantitative estimate of drug-likeness (QED) is 0.366. The van der Waals surface area contributed by atoms with Crippen molar-refractivity contribution in [1.82, 2.24) is 4.98 Å². The van der Waals surface area contributed by atoms with E-state index in [4.69, 9.17) is 0 Å². The molecule has 0 bridgehead atoms. The lowest BCUT2D eigenvalue weighted by Crippen LogP contribution is -3.00. The van der Waals surface area contributed by atoms with Gasteiger partial charge in [-0.25, -0.2) is 8.96 Å². The van der Waals surface area contributed by atoms with Crippen LogP contribution in [0.5, 0.6) is 0 Å². The molecule has 0 amide bonds. The summed E-state index contributed by atoms with van der Waals surface area (Å²) in [6.45, 7) is 0.179. The fourth-order valence-electron chi connectivity index (χ4n) is 3.03. The van der Waals surface area contributed by atoms with Crippen LogP contribution in [0, 0.1) is 5.82 Å². The molecule has 0 atom stereocenters. The molecule has 5 heteroatoms. The molecule has 1 heterocycles. The van der Waals surface area contributed by atoms with Gasteiger partial charge in [-0.3, -0.25) is 4.79 Å². The van der Waals surface area contributed by atoms with Gasteiger partial charge in [-0.2, -0.15) is 0 Å². The van der Waals surface area contributed by atoms with Gasteiger partial charge in [0, 0.05) is 11.6 Å². The second-order valence-electron chi connectivity index (χ2n) is 6.05. The molecule has 0 saturated heterocycles. The molecule has 0 radical (unpaired) electrons. The first kappa shape index (κ1) is 18.9. The van der Waals surface area contributed by atoms with Gasteiger partial charge in [-0.1, -0.05) is 54.6 Å². The molecule has 4 rings (SSSR count). The zero-order valence-corrected chi connectivity index (χ0v) is 15.9. The number of nitrogens with zero attached hydrogens (tertiary/aromatic N) is 2. The summed E-state index contributed by atoms with van der Waals surface area (Å²) in [6.07, 6.45) is 3.31. The highest BCUT2D eigenvalue weighted by Gasteiger charge is 2.15. The molecule has 0 saturated carbocycles. The Balaban J connectivity index is 0.00000210. The standard InChI is InChI=1S/C22H16FN2O.BrH/c23-20-11-4-3-9-19(20)21-12-13-25(15-24-21)14-22(26)18-10-5-7-16-6-1-2-8-17(16)18;/h1-13,15H,14H2;1H/q+1;/p-1. The molecule has 0 aliphatic rings. The average Bonchev–Trinajstić information content (AvgIpc) is 2.68. The molecule has 0 aliphatic heterocycles. The highest BCUT2D eigenvalue weighted by Crippen LogP contribution is 2.20. The van der Waals surface area contributed by atoms with Crippen molar-refractivity contribution in [3.8, 4) is 11.3 Å². The Morgan fingerprint density at radius 1 is 0.926 bits per heavy atom. The Labute approximate surface area is 166 Å². The third-order valence-corrected chi connectivity index (χ3v) is 4.34. The van der Waals surface area contributed by atoms with Crippen molar-refractivity contribution in [2.45, 2.75) is 6.54 Å².